The van der Waals surface area contributed by atoms with Gasteiger partial charge in [0.15, 0.2) is 24.8 Å². The minimum Gasteiger partial charge on any atom is -0.418 e. The van der Waals surface area contributed by atoms with Crippen molar-refractivity contribution in [3.05, 3.63) is 49.1 Å². The summed E-state index contributed by atoms with van der Waals surface area (Å²) >= 11 is 0. The highest BCUT2D eigenvalue weighted by molar-refractivity contribution is 6.50. The van der Waals surface area contributed by atoms with Gasteiger partial charge in [-0.15, -0.1) is 0 Å². The van der Waals surface area contributed by atoms with Crippen molar-refractivity contribution in [1.29, 1.82) is 0 Å². The number of hydrogen-bond donors (Lipinski definition) is 2. The number of rotatable bonds is 3. The van der Waals surface area contributed by atoms with Gasteiger partial charge in [-0.1, -0.05) is 0 Å². The molecular formula is C12H16B2F8N4. The van der Waals surface area contributed by atoms with Crippen LogP contribution in [0.15, 0.2) is 49.1 Å². The number of nitrogen functional groups attached to an aromatic ring is 2. The normalized spacial score (nSPS) is 10.9. The molecular weight excluding hydrogens is 374 g/mol. The van der Waals surface area contributed by atoms with Crippen molar-refractivity contribution < 1.29 is 43.7 Å². The first-order valence-corrected chi connectivity index (χ1v) is 6.98. The molecule has 0 saturated heterocycles. The van der Waals surface area contributed by atoms with E-state index in [9.17, 15) is 34.5 Å². The molecule has 0 radical (unpaired) electrons. The SMILES string of the molecule is F[B-](F)(F)F.F[B-](F)(F)F.Nc1ccc[n+](CC[n+]2cccc(N)c2)c1. The smallest absolute Gasteiger partial charge is 0.418 e. The van der Waals surface area contributed by atoms with Crippen LogP contribution in [0.4, 0.5) is 45.9 Å². The van der Waals surface area contributed by atoms with E-state index >= 15 is 0 Å². The molecule has 2 rings (SSSR count). The Hall–Kier alpha value is -2.53. The van der Waals surface area contributed by atoms with E-state index in [0.717, 1.165) is 24.5 Å². The zero-order chi connectivity index (χ0) is 20.4. The Morgan fingerprint density at radius 2 is 0.923 bits per heavy atom. The average Bonchev–Trinajstić information content (AvgIpc) is 2.42. The number of pyridine rings is 2. The molecule has 2 heterocycles. The highest BCUT2D eigenvalue weighted by atomic mass is 19.5. The number of anilines is 2. The van der Waals surface area contributed by atoms with E-state index in [1.54, 1.807) is 0 Å². The molecule has 2 aromatic rings. The predicted molar refractivity (Wildman–Crippen MR) is 82.5 cm³/mol. The van der Waals surface area contributed by atoms with Crippen molar-refractivity contribution in [2.45, 2.75) is 13.1 Å². The Balaban J connectivity index is 0.000000520. The molecule has 0 bridgehead atoms. The second-order valence-corrected chi connectivity index (χ2v) is 4.74. The van der Waals surface area contributed by atoms with E-state index in [1.807, 2.05) is 49.1 Å². The summed E-state index contributed by atoms with van der Waals surface area (Å²) in [6.07, 6.45) is 7.85. The lowest BCUT2D eigenvalue weighted by molar-refractivity contribution is -0.777. The number of hydrogen-bond acceptors (Lipinski definition) is 2. The lowest BCUT2D eigenvalue weighted by Crippen LogP contribution is -2.44. The van der Waals surface area contributed by atoms with Gasteiger partial charge in [-0.25, -0.2) is 0 Å². The number of nitrogens with zero attached hydrogens (tertiary/aromatic N) is 2. The monoisotopic (exact) mass is 390 g/mol. The minimum atomic E-state index is -6.00. The van der Waals surface area contributed by atoms with Crippen molar-refractivity contribution in [3.8, 4) is 0 Å². The summed E-state index contributed by atoms with van der Waals surface area (Å²) in [6, 6.07) is 7.65. The molecule has 0 aliphatic carbocycles. The topological polar surface area (TPSA) is 59.8 Å². The van der Waals surface area contributed by atoms with Crippen molar-refractivity contribution >= 4 is 25.9 Å². The lowest BCUT2D eigenvalue weighted by Gasteiger charge is -1.97. The highest BCUT2D eigenvalue weighted by Gasteiger charge is 2.21. The number of nitrogens with two attached hydrogens (primary N) is 2. The maximum atomic E-state index is 9.75. The Morgan fingerprint density at radius 3 is 1.15 bits per heavy atom. The van der Waals surface area contributed by atoms with E-state index in [4.69, 9.17) is 11.5 Å². The van der Waals surface area contributed by atoms with Crippen LogP contribution in [0.5, 0.6) is 0 Å². The Bertz CT molecular complexity index is 597. The second-order valence-electron chi connectivity index (χ2n) is 4.74. The molecule has 4 N–H and O–H groups in total. The van der Waals surface area contributed by atoms with Gasteiger partial charge >= 0.3 is 14.5 Å². The average molecular weight is 390 g/mol. The second kappa shape index (κ2) is 10.5. The maximum absolute atomic E-state index is 9.75. The molecule has 0 unspecified atom stereocenters. The third kappa shape index (κ3) is 17.8. The summed E-state index contributed by atoms with van der Waals surface area (Å²) in [5.41, 5.74) is 13.0. The van der Waals surface area contributed by atoms with Gasteiger partial charge in [0.25, 0.3) is 0 Å². The molecule has 0 saturated carbocycles. The van der Waals surface area contributed by atoms with Crippen LogP contribution in [0, 0.1) is 0 Å². The Morgan fingerprint density at radius 1 is 0.654 bits per heavy atom. The van der Waals surface area contributed by atoms with E-state index in [0.29, 0.717) is 0 Å². The number of aromatic nitrogens is 2. The van der Waals surface area contributed by atoms with Gasteiger partial charge in [-0.05, 0) is 12.1 Å². The quantitative estimate of drug-likeness (QED) is 0.481. The molecule has 0 aliphatic rings. The molecule has 0 amide bonds. The Labute approximate surface area is 144 Å². The fraction of sp³-hybridized carbons (Fsp3) is 0.167. The van der Waals surface area contributed by atoms with Crippen LogP contribution >= 0.6 is 0 Å². The van der Waals surface area contributed by atoms with Gasteiger partial charge < -0.3 is 46.0 Å². The largest absolute Gasteiger partial charge is 0.673 e. The van der Waals surface area contributed by atoms with Crippen LogP contribution in [0.3, 0.4) is 0 Å². The van der Waals surface area contributed by atoms with Gasteiger partial charge in [0.1, 0.15) is 0 Å². The summed E-state index contributed by atoms with van der Waals surface area (Å²) < 4.78 is 82.1. The van der Waals surface area contributed by atoms with Crippen LogP contribution in [-0.2, 0) is 13.1 Å². The number of halogens is 8. The molecule has 0 aliphatic heterocycles. The van der Waals surface area contributed by atoms with Gasteiger partial charge in [-0.3, -0.25) is 0 Å². The van der Waals surface area contributed by atoms with Crippen molar-refractivity contribution in [2.24, 2.45) is 0 Å². The summed E-state index contributed by atoms with van der Waals surface area (Å²) in [5.74, 6) is 0. The molecule has 146 valence electrons. The molecule has 0 aromatic carbocycles. The molecule has 0 atom stereocenters. The fourth-order valence-electron chi connectivity index (χ4n) is 1.59. The third-order valence-corrected chi connectivity index (χ3v) is 2.38. The first-order chi connectivity index (χ1) is 11.7. The standard InChI is InChI=1S/C12H16N4.2BF4/c13-11-3-1-5-15(9-11)7-8-16-6-2-4-12(14)10-16;2*2-1(3,4)5/h1-6,9-10H,7-8,13-14H2;;/q+2;2*-1. The summed E-state index contributed by atoms with van der Waals surface area (Å²) in [5, 5.41) is 0. The van der Waals surface area contributed by atoms with E-state index in [-0.39, 0.29) is 0 Å². The molecule has 14 heteroatoms. The van der Waals surface area contributed by atoms with E-state index in [1.165, 1.54) is 0 Å². The minimum absolute atomic E-state index is 0.778. The zero-order valence-electron chi connectivity index (χ0n) is 13.3. The van der Waals surface area contributed by atoms with Crippen LogP contribution < -0.4 is 20.6 Å². The van der Waals surface area contributed by atoms with Crippen LogP contribution in [0.25, 0.3) is 0 Å². The van der Waals surface area contributed by atoms with Gasteiger partial charge in [0, 0.05) is 12.1 Å². The summed E-state index contributed by atoms with van der Waals surface area (Å²) in [6.45, 7) is 1.75. The molecule has 0 spiro atoms. The first-order valence-electron chi connectivity index (χ1n) is 6.98. The maximum Gasteiger partial charge on any atom is 0.673 e. The fourth-order valence-corrected chi connectivity index (χ4v) is 1.59. The zero-order valence-corrected chi connectivity index (χ0v) is 13.3. The molecule has 0 fully saturated rings. The summed E-state index contributed by atoms with van der Waals surface area (Å²) in [4.78, 5) is 0. The lowest BCUT2D eigenvalue weighted by atomic mass is 10.3. The molecule has 26 heavy (non-hydrogen) atoms. The van der Waals surface area contributed by atoms with E-state index in [2.05, 4.69) is 9.13 Å². The number of aryl methyl sites for hydroxylation is 2. The van der Waals surface area contributed by atoms with Crippen LogP contribution in [0.1, 0.15) is 0 Å². The molecule has 2 aromatic heterocycles. The van der Waals surface area contributed by atoms with Gasteiger partial charge in [0.2, 0.25) is 13.1 Å². The molecule has 4 nitrogen and oxygen atoms in total. The van der Waals surface area contributed by atoms with Gasteiger partial charge in [-0.2, -0.15) is 9.13 Å². The Kier molecular flexibility index (Phi) is 9.44. The first kappa shape index (κ1) is 23.5. The van der Waals surface area contributed by atoms with Crippen LogP contribution in [0.2, 0.25) is 0 Å². The van der Waals surface area contributed by atoms with Crippen molar-refractivity contribution in [3.63, 3.8) is 0 Å². The van der Waals surface area contributed by atoms with E-state index < -0.39 is 14.5 Å². The highest BCUT2D eigenvalue weighted by Crippen LogP contribution is 2.07. The third-order valence-electron chi connectivity index (χ3n) is 2.38. The predicted octanol–water partition coefficient (Wildman–Crippen LogP) is 2.73. The van der Waals surface area contributed by atoms with Crippen LogP contribution in [-0.4, -0.2) is 14.5 Å². The van der Waals surface area contributed by atoms with Crippen molar-refractivity contribution in [1.82, 2.24) is 0 Å². The van der Waals surface area contributed by atoms with Gasteiger partial charge in [0.05, 0.1) is 11.4 Å². The van der Waals surface area contributed by atoms with Crippen molar-refractivity contribution in [2.75, 3.05) is 11.5 Å². The summed E-state index contributed by atoms with van der Waals surface area (Å²) in [7, 11) is -12.0.